The Morgan fingerprint density at radius 2 is 1.92 bits per heavy atom. The highest BCUT2D eigenvalue weighted by molar-refractivity contribution is 5.98. The number of carbonyl (C=O) groups is 2. The van der Waals surface area contributed by atoms with Crippen LogP contribution in [0, 0.1) is 0 Å². The first kappa shape index (κ1) is 16.4. The minimum atomic E-state index is -0.802. The molecule has 3 aromatic rings. The van der Waals surface area contributed by atoms with E-state index in [9.17, 15) is 9.59 Å². The molecule has 1 aromatic heterocycles. The molecule has 0 radical (unpaired) electrons. The van der Waals surface area contributed by atoms with Crippen LogP contribution in [0.15, 0.2) is 65.5 Å². The number of hydrogen-bond acceptors (Lipinski definition) is 5. The SMILES string of the molecule is NC(=O)[C@H](Cc1ccccc1)NC(=O)c1cccc(-c2ncon2)c1. The van der Waals surface area contributed by atoms with Crippen LogP contribution in [0.25, 0.3) is 11.4 Å². The fourth-order valence-electron chi connectivity index (χ4n) is 2.41. The average molecular weight is 336 g/mol. The molecule has 0 aliphatic heterocycles. The lowest BCUT2D eigenvalue weighted by atomic mass is 10.0. The van der Waals surface area contributed by atoms with Gasteiger partial charge in [-0.05, 0) is 17.7 Å². The lowest BCUT2D eigenvalue weighted by Crippen LogP contribution is -2.45. The van der Waals surface area contributed by atoms with Crippen molar-refractivity contribution in [3.8, 4) is 11.4 Å². The molecule has 7 heteroatoms. The zero-order chi connectivity index (χ0) is 17.6. The van der Waals surface area contributed by atoms with Gasteiger partial charge in [-0.25, -0.2) is 0 Å². The van der Waals surface area contributed by atoms with Crippen LogP contribution in [-0.2, 0) is 11.2 Å². The number of benzene rings is 2. The van der Waals surface area contributed by atoms with Gasteiger partial charge >= 0.3 is 0 Å². The predicted octanol–water partition coefficient (Wildman–Crippen LogP) is 1.56. The summed E-state index contributed by atoms with van der Waals surface area (Å²) in [6, 6.07) is 15.3. The van der Waals surface area contributed by atoms with Gasteiger partial charge in [0.25, 0.3) is 5.91 Å². The Morgan fingerprint density at radius 3 is 2.60 bits per heavy atom. The number of amides is 2. The first-order valence-corrected chi connectivity index (χ1v) is 7.64. The number of hydrogen-bond donors (Lipinski definition) is 2. The minimum absolute atomic E-state index is 0.326. The van der Waals surface area contributed by atoms with Crippen molar-refractivity contribution in [3.63, 3.8) is 0 Å². The molecule has 0 saturated carbocycles. The molecule has 0 aliphatic carbocycles. The van der Waals surface area contributed by atoms with Crippen LogP contribution in [0.5, 0.6) is 0 Å². The Labute approximate surface area is 143 Å². The first-order chi connectivity index (χ1) is 12.1. The Bertz CT molecular complexity index is 863. The van der Waals surface area contributed by atoms with Gasteiger partial charge in [-0.1, -0.05) is 47.6 Å². The number of rotatable bonds is 6. The molecule has 0 saturated heterocycles. The van der Waals surface area contributed by atoms with Crippen LogP contribution >= 0.6 is 0 Å². The molecular weight excluding hydrogens is 320 g/mol. The van der Waals surface area contributed by atoms with Crippen LogP contribution in [0.4, 0.5) is 0 Å². The van der Waals surface area contributed by atoms with E-state index < -0.39 is 17.9 Å². The second-order valence-electron chi connectivity index (χ2n) is 5.45. The van der Waals surface area contributed by atoms with E-state index in [0.717, 1.165) is 5.56 Å². The molecule has 3 rings (SSSR count). The van der Waals surface area contributed by atoms with Crippen molar-refractivity contribution in [2.45, 2.75) is 12.5 Å². The maximum atomic E-state index is 12.5. The van der Waals surface area contributed by atoms with Crippen LogP contribution in [0.1, 0.15) is 15.9 Å². The maximum absolute atomic E-state index is 12.5. The van der Waals surface area contributed by atoms with Crippen molar-refractivity contribution >= 4 is 11.8 Å². The standard InChI is InChI=1S/C18H16N4O3/c19-16(23)15(9-12-5-2-1-3-6-12)21-18(24)14-8-4-7-13(10-14)17-20-11-25-22-17/h1-8,10-11,15H,9H2,(H2,19,23)(H,21,24)/t15-/m0/s1. The van der Waals surface area contributed by atoms with E-state index in [1.165, 1.54) is 6.39 Å². The van der Waals surface area contributed by atoms with Crippen molar-refractivity contribution in [3.05, 3.63) is 72.1 Å². The van der Waals surface area contributed by atoms with Gasteiger partial charge in [0.1, 0.15) is 6.04 Å². The maximum Gasteiger partial charge on any atom is 0.251 e. The Balaban J connectivity index is 1.75. The summed E-state index contributed by atoms with van der Waals surface area (Å²) in [5.41, 5.74) is 7.36. The lowest BCUT2D eigenvalue weighted by Gasteiger charge is -2.16. The Kier molecular flexibility index (Phi) is 4.84. The summed E-state index contributed by atoms with van der Waals surface area (Å²) in [7, 11) is 0. The van der Waals surface area contributed by atoms with Gasteiger partial charge in [0.15, 0.2) is 0 Å². The molecule has 0 spiro atoms. The Hall–Kier alpha value is -3.48. The first-order valence-electron chi connectivity index (χ1n) is 7.64. The van der Waals surface area contributed by atoms with E-state index in [2.05, 4.69) is 15.5 Å². The normalized spacial score (nSPS) is 11.7. The minimum Gasteiger partial charge on any atom is -0.368 e. The van der Waals surface area contributed by atoms with Gasteiger partial charge in [-0.3, -0.25) is 9.59 Å². The van der Waals surface area contributed by atoms with Crippen molar-refractivity contribution in [2.24, 2.45) is 5.73 Å². The van der Waals surface area contributed by atoms with Crippen molar-refractivity contribution in [2.75, 3.05) is 0 Å². The summed E-state index contributed by atoms with van der Waals surface area (Å²) in [6.45, 7) is 0. The van der Waals surface area contributed by atoms with Gasteiger partial charge in [-0.15, -0.1) is 0 Å². The van der Waals surface area contributed by atoms with E-state index in [1.807, 2.05) is 30.3 Å². The highest BCUT2D eigenvalue weighted by Gasteiger charge is 2.20. The largest absolute Gasteiger partial charge is 0.368 e. The number of nitrogens with zero attached hydrogens (tertiary/aromatic N) is 2. The fourth-order valence-corrected chi connectivity index (χ4v) is 2.41. The molecule has 126 valence electrons. The molecular formula is C18H16N4O3. The van der Waals surface area contributed by atoms with E-state index >= 15 is 0 Å². The van der Waals surface area contributed by atoms with Crippen molar-refractivity contribution in [1.29, 1.82) is 0 Å². The highest BCUT2D eigenvalue weighted by Crippen LogP contribution is 2.16. The zero-order valence-corrected chi connectivity index (χ0v) is 13.3. The predicted molar refractivity (Wildman–Crippen MR) is 90.3 cm³/mol. The molecule has 2 amide bonds. The quantitative estimate of drug-likeness (QED) is 0.709. The number of aromatic nitrogens is 2. The van der Waals surface area contributed by atoms with Crippen LogP contribution in [0.2, 0.25) is 0 Å². The number of carbonyl (C=O) groups excluding carboxylic acids is 2. The third-order valence-electron chi connectivity index (χ3n) is 3.68. The summed E-state index contributed by atoms with van der Waals surface area (Å²) in [6.07, 6.45) is 1.54. The van der Waals surface area contributed by atoms with E-state index in [1.54, 1.807) is 24.3 Å². The van der Waals surface area contributed by atoms with Gasteiger partial charge in [-0.2, -0.15) is 4.98 Å². The van der Waals surface area contributed by atoms with Crippen LogP contribution < -0.4 is 11.1 Å². The summed E-state index contributed by atoms with van der Waals surface area (Å²) in [4.78, 5) is 28.1. The third-order valence-corrected chi connectivity index (χ3v) is 3.68. The average Bonchev–Trinajstić information content (AvgIpc) is 3.17. The van der Waals surface area contributed by atoms with E-state index in [-0.39, 0.29) is 0 Å². The summed E-state index contributed by atoms with van der Waals surface area (Å²) < 4.78 is 4.71. The molecule has 7 nitrogen and oxygen atoms in total. The monoisotopic (exact) mass is 336 g/mol. The number of primary amides is 1. The molecule has 3 N–H and O–H groups in total. The highest BCUT2D eigenvalue weighted by atomic mass is 16.5. The Morgan fingerprint density at radius 1 is 1.12 bits per heavy atom. The summed E-state index contributed by atoms with van der Waals surface area (Å²) in [5, 5.41) is 6.42. The second kappa shape index (κ2) is 7.39. The van der Waals surface area contributed by atoms with Crippen LogP contribution in [-0.4, -0.2) is 28.0 Å². The molecule has 1 atom stereocenters. The summed E-state index contributed by atoms with van der Waals surface area (Å²) in [5.74, 6) is -0.609. The molecule has 2 aromatic carbocycles. The van der Waals surface area contributed by atoms with Gasteiger partial charge in [0, 0.05) is 17.5 Å². The smallest absolute Gasteiger partial charge is 0.251 e. The van der Waals surface area contributed by atoms with Gasteiger partial charge in [0.2, 0.25) is 18.1 Å². The number of nitrogens with one attached hydrogen (secondary N) is 1. The lowest BCUT2D eigenvalue weighted by molar-refractivity contribution is -0.119. The third kappa shape index (κ3) is 4.08. The van der Waals surface area contributed by atoms with Gasteiger partial charge < -0.3 is 15.6 Å². The topological polar surface area (TPSA) is 111 Å². The molecule has 0 unspecified atom stereocenters. The van der Waals surface area contributed by atoms with Crippen molar-refractivity contribution in [1.82, 2.24) is 15.5 Å². The zero-order valence-electron chi connectivity index (χ0n) is 13.3. The van der Waals surface area contributed by atoms with Gasteiger partial charge in [0.05, 0.1) is 0 Å². The van der Waals surface area contributed by atoms with E-state index in [4.69, 9.17) is 10.3 Å². The second-order valence-corrected chi connectivity index (χ2v) is 5.45. The molecule has 1 heterocycles. The molecule has 0 bridgehead atoms. The molecule has 0 fully saturated rings. The molecule has 25 heavy (non-hydrogen) atoms. The van der Waals surface area contributed by atoms with E-state index in [0.29, 0.717) is 23.4 Å². The fraction of sp³-hybridized carbons (Fsp3) is 0.111. The number of nitrogens with two attached hydrogens (primary N) is 1. The van der Waals surface area contributed by atoms with Crippen LogP contribution in [0.3, 0.4) is 0 Å². The van der Waals surface area contributed by atoms with Crippen molar-refractivity contribution < 1.29 is 14.1 Å². The summed E-state index contributed by atoms with van der Waals surface area (Å²) >= 11 is 0. The molecule has 0 aliphatic rings.